The van der Waals surface area contributed by atoms with Gasteiger partial charge in [-0.05, 0) is 24.8 Å². The summed E-state index contributed by atoms with van der Waals surface area (Å²) in [6.07, 6.45) is 1.26. The molecular weight excluding hydrogens is 236 g/mol. The fourth-order valence-electron chi connectivity index (χ4n) is 2.00. The summed E-state index contributed by atoms with van der Waals surface area (Å²) in [6.45, 7) is 2.75. The van der Waals surface area contributed by atoms with Crippen molar-refractivity contribution in [3.05, 3.63) is 22.4 Å². The van der Waals surface area contributed by atoms with Crippen molar-refractivity contribution in [2.75, 3.05) is 13.1 Å². The predicted molar refractivity (Wildman–Crippen MR) is 66.8 cm³/mol. The average molecular weight is 252 g/mol. The topological polar surface area (TPSA) is 49.4 Å². The first-order valence-corrected chi connectivity index (χ1v) is 6.63. The van der Waals surface area contributed by atoms with E-state index in [1.165, 1.54) is 4.88 Å². The number of rotatable bonds is 3. The van der Waals surface area contributed by atoms with Crippen LogP contribution in [0.3, 0.4) is 0 Å². The molecule has 92 valence electrons. The van der Waals surface area contributed by atoms with Gasteiger partial charge in [0.1, 0.15) is 0 Å². The van der Waals surface area contributed by atoms with Gasteiger partial charge in [0.2, 0.25) is 11.8 Å². The molecule has 17 heavy (non-hydrogen) atoms. The van der Waals surface area contributed by atoms with Crippen LogP contribution < -0.4 is 5.32 Å². The molecule has 2 rings (SSSR count). The van der Waals surface area contributed by atoms with Gasteiger partial charge in [0.25, 0.3) is 0 Å². The Morgan fingerprint density at radius 1 is 1.53 bits per heavy atom. The molecule has 1 atom stereocenters. The van der Waals surface area contributed by atoms with Gasteiger partial charge in [-0.15, -0.1) is 11.3 Å². The molecule has 0 spiro atoms. The van der Waals surface area contributed by atoms with Crippen LogP contribution in [0.25, 0.3) is 0 Å². The molecule has 0 radical (unpaired) electrons. The van der Waals surface area contributed by atoms with Gasteiger partial charge in [-0.1, -0.05) is 6.07 Å². The van der Waals surface area contributed by atoms with Gasteiger partial charge in [0.05, 0.1) is 6.54 Å². The lowest BCUT2D eigenvalue weighted by Crippen LogP contribution is -2.40. The Bertz CT molecular complexity index is 403. The van der Waals surface area contributed by atoms with Gasteiger partial charge in [-0.2, -0.15) is 0 Å². The summed E-state index contributed by atoms with van der Waals surface area (Å²) in [7, 11) is 0. The third-order valence-corrected chi connectivity index (χ3v) is 3.89. The Morgan fingerprint density at radius 3 is 3.06 bits per heavy atom. The molecule has 1 aromatic heterocycles. The van der Waals surface area contributed by atoms with Gasteiger partial charge in [-0.3, -0.25) is 9.59 Å². The monoisotopic (exact) mass is 252 g/mol. The van der Waals surface area contributed by atoms with Gasteiger partial charge in [-0.25, -0.2) is 0 Å². The van der Waals surface area contributed by atoms with Crippen molar-refractivity contribution in [1.82, 2.24) is 10.2 Å². The number of carbonyl (C=O) groups excluding carboxylic acids is 2. The largest absolute Gasteiger partial charge is 0.347 e. The zero-order valence-electron chi connectivity index (χ0n) is 9.81. The number of hydrogen-bond acceptors (Lipinski definition) is 3. The SMILES string of the molecule is CC1CC(=O)NCC(=O)N1CCc1cccs1. The molecule has 2 heterocycles. The van der Waals surface area contributed by atoms with Crippen molar-refractivity contribution in [3.63, 3.8) is 0 Å². The van der Waals surface area contributed by atoms with Crippen molar-refractivity contribution in [2.24, 2.45) is 0 Å². The van der Waals surface area contributed by atoms with Crippen molar-refractivity contribution in [3.8, 4) is 0 Å². The van der Waals surface area contributed by atoms with Crippen LogP contribution in [-0.2, 0) is 16.0 Å². The molecule has 0 bridgehead atoms. The van der Waals surface area contributed by atoms with E-state index in [4.69, 9.17) is 0 Å². The van der Waals surface area contributed by atoms with E-state index >= 15 is 0 Å². The highest BCUT2D eigenvalue weighted by Crippen LogP contribution is 2.13. The molecule has 1 N–H and O–H groups in total. The van der Waals surface area contributed by atoms with Gasteiger partial charge < -0.3 is 10.2 Å². The molecule has 1 aliphatic rings. The third-order valence-electron chi connectivity index (χ3n) is 2.95. The molecule has 5 heteroatoms. The quantitative estimate of drug-likeness (QED) is 0.873. The summed E-state index contributed by atoms with van der Waals surface area (Å²) in [5.41, 5.74) is 0. The maximum Gasteiger partial charge on any atom is 0.242 e. The lowest BCUT2D eigenvalue weighted by molar-refractivity contribution is -0.131. The Balaban J connectivity index is 1.97. The second-order valence-electron chi connectivity index (χ2n) is 4.25. The molecule has 1 fully saturated rings. The molecule has 4 nitrogen and oxygen atoms in total. The second kappa shape index (κ2) is 5.31. The Labute approximate surface area is 105 Å². The van der Waals surface area contributed by atoms with E-state index in [0.29, 0.717) is 13.0 Å². The molecule has 1 saturated heterocycles. The van der Waals surface area contributed by atoms with Crippen LogP contribution in [0, 0.1) is 0 Å². The maximum atomic E-state index is 11.8. The Hall–Kier alpha value is -1.36. The number of nitrogens with zero attached hydrogens (tertiary/aromatic N) is 1. The molecule has 1 aromatic rings. The third kappa shape index (κ3) is 3.06. The minimum Gasteiger partial charge on any atom is -0.347 e. The summed E-state index contributed by atoms with van der Waals surface area (Å²) < 4.78 is 0. The van der Waals surface area contributed by atoms with E-state index in [2.05, 4.69) is 11.4 Å². The van der Waals surface area contributed by atoms with Crippen LogP contribution in [0.15, 0.2) is 17.5 Å². The maximum absolute atomic E-state index is 11.8. The number of amides is 2. The predicted octanol–water partition coefficient (Wildman–Crippen LogP) is 1.03. The highest BCUT2D eigenvalue weighted by Gasteiger charge is 2.25. The molecular formula is C12H16N2O2S. The normalized spacial score (nSPS) is 21.2. The summed E-state index contributed by atoms with van der Waals surface area (Å²) >= 11 is 1.70. The van der Waals surface area contributed by atoms with Crippen LogP contribution in [0.2, 0.25) is 0 Å². The number of thiophene rings is 1. The highest BCUT2D eigenvalue weighted by atomic mass is 32.1. The first-order valence-electron chi connectivity index (χ1n) is 5.75. The fraction of sp³-hybridized carbons (Fsp3) is 0.500. The van der Waals surface area contributed by atoms with Crippen molar-refractivity contribution in [2.45, 2.75) is 25.8 Å². The molecule has 1 unspecified atom stereocenters. The van der Waals surface area contributed by atoms with Gasteiger partial charge in [0.15, 0.2) is 0 Å². The van der Waals surface area contributed by atoms with E-state index in [9.17, 15) is 9.59 Å². The Morgan fingerprint density at radius 2 is 2.35 bits per heavy atom. The minimum atomic E-state index is -0.0375. The minimum absolute atomic E-state index is 0.00929. The van der Waals surface area contributed by atoms with Crippen LogP contribution in [-0.4, -0.2) is 35.8 Å². The van der Waals surface area contributed by atoms with Crippen LogP contribution in [0.5, 0.6) is 0 Å². The van der Waals surface area contributed by atoms with Gasteiger partial charge in [0, 0.05) is 23.9 Å². The molecule has 0 aliphatic carbocycles. The van der Waals surface area contributed by atoms with E-state index < -0.39 is 0 Å². The second-order valence-corrected chi connectivity index (χ2v) is 5.28. The number of hydrogen-bond donors (Lipinski definition) is 1. The van der Waals surface area contributed by atoms with E-state index in [1.807, 2.05) is 18.4 Å². The van der Waals surface area contributed by atoms with E-state index in [1.54, 1.807) is 16.2 Å². The van der Waals surface area contributed by atoms with Gasteiger partial charge >= 0.3 is 0 Å². The highest BCUT2D eigenvalue weighted by molar-refractivity contribution is 7.09. The molecule has 1 aliphatic heterocycles. The van der Waals surface area contributed by atoms with Crippen LogP contribution >= 0.6 is 11.3 Å². The smallest absolute Gasteiger partial charge is 0.242 e. The van der Waals surface area contributed by atoms with Crippen LogP contribution in [0.4, 0.5) is 0 Å². The first-order chi connectivity index (χ1) is 8.16. The number of nitrogens with one attached hydrogen (secondary N) is 1. The summed E-state index contributed by atoms with van der Waals surface area (Å²) in [6, 6.07) is 4.07. The zero-order chi connectivity index (χ0) is 12.3. The summed E-state index contributed by atoms with van der Waals surface area (Å²) in [5.74, 6) is -0.0237. The average Bonchev–Trinajstić information content (AvgIpc) is 2.75. The van der Waals surface area contributed by atoms with Crippen molar-refractivity contribution >= 4 is 23.2 Å². The summed E-state index contributed by atoms with van der Waals surface area (Å²) in [4.78, 5) is 26.2. The fourth-order valence-corrected chi connectivity index (χ4v) is 2.70. The van der Waals surface area contributed by atoms with E-state index in [-0.39, 0.29) is 24.4 Å². The lowest BCUT2D eigenvalue weighted by Gasteiger charge is -2.26. The Kier molecular flexibility index (Phi) is 3.78. The van der Waals surface area contributed by atoms with Crippen LogP contribution in [0.1, 0.15) is 18.2 Å². The lowest BCUT2D eigenvalue weighted by atomic mass is 10.2. The first kappa shape index (κ1) is 12.1. The molecule has 0 aromatic carbocycles. The molecule has 0 saturated carbocycles. The molecule has 2 amide bonds. The number of carbonyl (C=O) groups is 2. The van der Waals surface area contributed by atoms with Crippen molar-refractivity contribution < 1.29 is 9.59 Å². The zero-order valence-corrected chi connectivity index (χ0v) is 10.6. The summed E-state index contributed by atoms with van der Waals surface area (Å²) in [5, 5.41) is 4.66. The van der Waals surface area contributed by atoms with E-state index in [0.717, 1.165) is 6.42 Å². The van der Waals surface area contributed by atoms with Crippen molar-refractivity contribution in [1.29, 1.82) is 0 Å². The standard InChI is InChI=1S/C12H16N2O2S/c1-9-7-11(15)13-8-12(16)14(9)5-4-10-3-2-6-17-10/h2-3,6,9H,4-5,7-8H2,1H3,(H,13,15).